The zero-order valence-corrected chi connectivity index (χ0v) is 17.8. The number of aromatic nitrogens is 2. The Labute approximate surface area is 185 Å². The van der Waals surface area contributed by atoms with E-state index in [-0.39, 0.29) is 23.9 Å². The molecule has 0 aliphatic carbocycles. The fraction of sp³-hybridized carbons (Fsp3) is 0.0870. The molecule has 0 fully saturated rings. The van der Waals surface area contributed by atoms with Crippen LogP contribution in [-0.4, -0.2) is 21.0 Å². The molecule has 0 radical (unpaired) electrons. The highest BCUT2D eigenvalue weighted by molar-refractivity contribution is 14.1. The van der Waals surface area contributed by atoms with Gasteiger partial charge < -0.3 is 9.84 Å². The van der Waals surface area contributed by atoms with Crippen molar-refractivity contribution in [3.8, 4) is 5.75 Å². The smallest absolute Gasteiger partial charge is 0.358 e. The quantitative estimate of drug-likeness (QED) is 0.282. The van der Waals surface area contributed by atoms with Crippen molar-refractivity contribution < 1.29 is 19.0 Å². The number of rotatable bonds is 6. The summed E-state index contributed by atoms with van der Waals surface area (Å²) in [4.78, 5) is 20.5. The molecule has 0 atom stereocenters. The number of halogens is 2. The van der Waals surface area contributed by atoms with E-state index in [0.717, 1.165) is 16.7 Å². The van der Waals surface area contributed by atoms with Crippen molar-refractivity contribution in [2.24, 2.45) is 0 Å². The zero-order chi connectivity index (χ0) is 21.1. The fourth-order valence-electron chi connectivity index (χ4n) is 3.11. The van der Waals surface area contributed by atoms with Crippen molar-refractivity contribution in [3.05, 3.63) is 98.8 Å². The van der Waals surface area contributed by atoms with Crippen molar-refractivity contribution in [2.75, 3.05) is 0 Å². The second kappa shape index (κ2) is 8.74. The summed E-state index contributed by atoms with van der Waals surface area (Å²) >= 11 is 2.01. The minimum Gasteiger partial charge on any atom is -0.484 e. The number of carboxylic acid groups (broad SMARTS) is 1. The molecule has 0 bridgehead atoms. The number of pyridine rings is 2. The van der Waals surface area contributed by atoms with Crippen LogP contribution in [0.4, 0.5) is 4.39 Å². The Kier molecular flexibility index (Phi) is 5.89. The first-order valence-electron chi connectivity index (χ1n) is 9.14. The van der Waals surface area contributed by atoms with Crippen LogP contribution in [0, 0.1) is 9.52 Å². The molecular formula is C23H16FIN2O3. The molecule has 0 saturated heterocycles. The first-order valence-corrected chi connectivity index (χ1v) is 10.2. The Hall–Kier alpha value is -3.07. The molecule has 0 unspecified atom stereocenters. The van der Waals surface area contributed by atoms with Gasteiger partial charge in [0.1, 0.15) is 21.6 Å². The van der Waals surface area contributed by atoms with Gasteiger partial charge in [0.15, 0.2) is 11.4 Å². The van der Waals surface area contributed by atoms with E-state index in [1.54, 1.807) is 18.3 Å². The molecule has 4 rings (SSSR count). The maximum Gasteiger partial charge on any atom is 0.358 e. The molecule has 0 aliphatic heterocycles. The van der Waals surface area contributed by atoms with E-state index in [2.05, 4.69) is 9.97 Å². The maximum atomic E-state index is 13.1. The molecule has 0 aliphatic rings. The fourth-order valence-corrected chi connectivity index (χ4v) is 3.77. The summed E-state index contributed by atoms with van der Waals surface area (Å²) in [6, 6.07) is 17.7. The molecule has 0 saturated carbocycles. The molecule has 2 aromatic carbocycles. The van der Waals surface area contributed by atoms with E-state index in [9.17, 15) is 14.3 Å². The number of nitrogens with zero attached hydrogens (tertiary/aromatic N) is 2. The highest BCUT2D eigenvalue weighted by Crippen LogP contribution is 2.31. The van der Waals surface area contributed by atoms with E-state index < -0.39 is 5.97 Å². The monoisotopic (exact) mass is 514 g/mol. The summed E-state index contributed by atoms with van der Waals surface area (Å²) < 4.78 is 19.5. The van der Waals surface area contributed by atoms with Gasteiger partial charge in [-0.05, 0) is 63.9 Å². The summed E-state index contributed by atoms with van der Waals surface area (Å²) in [5.41, 5.74) is 3.05. The van der Waals surface area contributed by atoms with Crippen molar-refractivity contribution in [2.45, 2.75) is 13.0 Å². The van der Waals surface area contributed by atoms with Crippen LogP contribution in [0.5, 0.6) is 5.75 Å². The van der Waals surface area contributed by atoms with Crippen LogP contribution in [0.15, 0.2) is 66.9 Å². The molecule has 5 nitrogen and oxygen atoms in total. The lowest BCUT2D eigenvalue weighted by molar-refractivity contribution is 0.0685. The third-order valence-electron chi connectivity index (χ3n) is 4.56. The Morgan fingerprint density at radius 1 is 1.03 bits per heavy atom. The number of carbonyl (C=O) groups is 1. The normalized spacial score (nSPS) is 10.9. The van der Waals surface area contributed by atoms with Gasteiger partial charge in [0.05, 0.1) is 0 Å². The second-order valence-electron chi connectivity index (χ2n) is 6.70. The molecule has 2 heterocycles. The Morgan fingerprint density at radius 2 is 1.77 bits per heavy atom. The van der Waals surface area contributed by atoms with Crippen molar-refractivity contribution in [1.82, 2.24) is 9.97 Å². The van der Waals surface area contributed by atoms with Crippen molar-refractivity contribution >= 4 is 39.5 Å². The maximum absolute atomic E-state index is 13.1. The number of hydrogen-bond acceptors (Lipinski definition) is 4. The number of hydrogen-bond donors (Lipinski definition) is 1. The largest absolute Gasteiger partial charge is 0.484 e. The second-order valence-corrected chi connectivity index (χ2v) is 7.72. The van der Waals surface area contributed by atoms with Crippen LogP contribution in [-0.2, 0) is 13.0 Å². The summed E-state index contributed by atoms with van der Waals surface area (Å²) in [6.07, 6.45) is 2.25. The molecule has 0 spiro atoms. The minimum atomic E-state index is -1.17. The topological polar surface area (TPSA) is 72.3 Å². The van der Waals surface area contributed by atoms with Gasteiger partial charge in [-0.25, -0.2) is 14.2 Å². The number of fused-ring (bicyclic) bond motifs is 1. The van der Waals surface area contributed by atoms with E-state index >= 15 is 0 Å². The van der Waals surface area contributed by atoms with E-state index in [1.807, 2.05) is 59.0 Å². The molecule has 30 heavy (non-hydrogen) atoms. The molecular weight excluding hydrogens is 498 g/mol. The van der Waals surface area contributed by atoms with Gasteiger partial charge in [-0.3, -0.25) is 4.98 Å². The highest BCUT2D eigenvalue weighted by Gasteiger charge is 2.21. The third-order valence-corrected chi connectivity index (χ3v) is 5.38. The van der Waals surface area contributed by atoms with Gasteiger partial charge in [-0.1, -0.05) is 42.5 Å². The van der Waals surface area contributed by atoms with Gasteiger partial charge in [-0.2, -0.15) is 0 Å². The predicted molar refractivity (Wildman–Crippen MR) is 119 cm³/mol. The minimum absolute atomic E-state index is 0.148. The summed E-state index contributed by atoms with van der Waals surface area (Å²) in [7, 11) is 0. The molecule has 2 aromatic heterocycles. The first-order chi connectivity index (χ1) is 14.5. The zero-order valence-electron chi connectivity index (χ0n) is 15.7. The van der Waals surface area contributed by atoms with Crippen LogP contribution in [0.1, 0.15) is 27.2 Å². The molecule has 150 valence electrons. The van der Waals surface area contributed by atoms with E-state index in [0.29, 0.717) is 21.0 Å². The Morgan fingerprint density at radius 3 is 2.47 bits per heavy atom. The van der Waals surface area contributed by atoms with Gasteiger partial charge in [0.25, 0.3) is 0 Å². The number of benzene rings is 2. The lowest BCUT2D eigenvalue weighted by atomic mass is 10.0. The summed E-state index contributed by atoms with van der Waals surface area (Å²) in [5.74, 6) is -1.30. The number of aromatic carboxylic acids is 1. The van der Waals surface area contributed by atoms with Crippen LogP contribution >= 0.6 is 22.6 Å². The average Bonchev–Trinajstić information content (AvgIpc) is 2.75. The SMILES string of the molecule is O=C(O)c1nc(I)c2cc(Cc3ccc(F)cc3)cnc2c1OCc1ccccc1. The van der Waals surface area contributed by atoms with Crippen molar-refractivity contribution in [3.63, 3.8) is 0 Å². The highest BCUT2D eigenvalue weighted by atomic mass is 127. The van der Waals surface area contributed by atoms with Gasteiger partial charge in [0, 0.05) is 11.6 Å². The first kappa shape index (κ1) is 20.2. The Balaban J connectivity index is 1.73. The standard InChI is InChI=1S/C23H16FIN2O3/c24-17-8-6-14(7-9-17)10-16-11-18-19(26-12-16)21(20(23(28)29)27-22(18)25)30-13-15-4-2-1-3-5-15/h1-9,11-12H,10,13H2,(H,28,29). The average molecular weight is 514 g/mol. The third kappa shape index (κ3) is 4.40. The molecule has 7 heteroatoms. The van der Waals surface area contributed by atoms with Crippen LogP contribution in [0.3, 0.4) is 0 Å². The van der Waals surface area contributed by atoms with Crippen molar-refractivity contribution in [1.29, 1.82) is 0 Å². The lowest BCUT2D eigenvalue weighted by Crippen LogP contribution is -2.09. The molecule has 1 N–H and O–H groups in total. The summed E-state index contributed by atoms with van der Waals surface area (Å²) in [6.45, 7) is 0.206. The van der Waals surface area contributed by atoms with Gasteiger partial charge >= 0.3 is 5.97 Å². The molecule has 0 amide bonds. The van der Waals surface area contributed by atoms with Crippen LogP contribution in [0.2, 0.25) is 0 Å². The van der Waals surface area contributed by atoms with Crippen LogP contribution < -0.4 is 4.74 Å². The summed E-state index contributed by atoms with van der Waals surface area (Å²) in [5, 5.41) is 10.3. The van der Waals surface area contributed by atoms with E-state index in [1.165, 1.54) is 12.1 Å². The predicted octanol–water partition coefficient (Wildman–Crippen LogP) is 5.24. The van der Waals surface area contributed by atoms with Gasteiger partial charge in [0.2, 0.25) is 0 Å². The number of carboxylic acids is 1. The van der Waals surface area contributed by atoms with E-state index in [4.69, 9.17) is 4.74 Å². The Bertz CT molecular complexity index is 1210. The molecule has 4 aromatic rings. The van der Waals surface area contributed by atoms with Crippen LogP contribution in [0.25, 0.3) is 10.9 Å². The number of ether oxygens (including phenoxy) is 1. The van der Waals surface area contributed by atoms with Gasteiger partial charge in [-0.15, -0.1) is 0 Å². The lowest BCUT2D eigenvalue weighted by Gasteiger charge is -2.13.